The summed E-state index contributed by atoms with van der Waals surface area (Å²) in [7, 11) is 0. The van der Waals surface area contributed by atoms with E-state index in [1.807, 2.05) is 24.5 Å². The van der Waals surface area contributed by atoms with Gasteiger partial charge in [0.1, 0.15) is 5.69 Å². The number of aromatic nitrogens is 2. The first-order valence-corrected chi connectivity index (χ1v) is 12.3. The molecule has 0 bridgehead atoms. The molecule has 2 aromatic carbocycles. The topological polar surface area (TPSA) is 59.3 Å². The maximum Gasteiger partial charge on any atom is 0.264 e. The lowest BCUT2D eigenvalue weighted by Crippen LogP contribution is -2.19. The third kappa shape index (κ3) is 4.58. The molecule has 32 heavy (non-hydrogen) atoms. The van der Waals surface area contributed by atoms with Gasteiger partial charge in [-0.2, -0.15) is 0 Å². The Bertz CT molecular complexity index is 1220. The summed E-state index contributed by atoms with van der Waals surface area (Å²) in [6, 6.07) is 11.3. The number of hydrogen-bond acceptors (Lipinski definition) is 4. The van der Waals surface area contributed by atoms with E-state index in [1.165, 1.54) is 43.9 Å². The molecular weight excluding hydrogens is 463 g/mol. The summed E-state index contributed by atoms with van der Waals surface area (Å²) < 4.78 is 2.23. The summed E-state index contributed by atoms with van der Waals surface area (Å²) in [4.78, 5) is 22.1. The first-order valence-electron chi connectivity index (χ1n) is 10.8. The highest BCUT2D eigenvalue weighted by atomic mass is 35.5. The molecule has 8 heteroatoms. The molecule has 0 unspecified atom stereocenters. The van der Waals surface area contributed by atoms with Crippen molar-refractivity contribution >= 4 is 68.8 Å². The SMILES string of the molecule is O=C1NC(=Nc2c(Cl)cccc2Cl)S/C1=C\c1ccc2ncn(CCC3CCCC3)c2c1. The van der Waals surface area contributed by atoms with E-state index in [2.05, 4.69) is 25.9 Å². The first kappa shape index (κ1) is 21.6. The van der Waals surface area contributed by atoms with Crippen molar-refractivity contribution in [2.75, 3.05) is 0 Å². The molecule has 5 nitrogen and oxygen atoms in total. The number of para-hydroxylation sites is 1. The van der Waals surface area contributed by atoms with Gasteiger partial charge < -0.3 is 9.88 Å². The molecule has 0 radical (unpaired) electrons. The Morgan fingerprint density at radius 1 is 1.19 bits per heavy atom. The molecule has 1 aliphatic heterocycles. The van der Waals surface area contributed by atoms with Crippen LogP contribution in [0.15, 0.2) is 52.6 Å². The van der Waals surface area contributed by atoms with E-state index in [-0.39, 0.29) is 5.91 Å². The molecule has 1 aliphatic carbocycles. The summed E-state index contributed by atoms with van der Waals surface area (Å²) in [5.41, 5.74) is 3.47. The highest BCUT2D eigenvalue weighted by Crippen LogP contribution is 2.36. The Hall–Kier alpha value is -2.28. The summed E-state index contributed by atoms with van der Waals surface area (Å²) in [5.74, 6) is 0.646. The van der Waals surface area contributed by atoms with E-state index in [4.69, 9.17) is 23.2 Å². The van der Waals surface area contributed by atoms with Crippen LogP contribution in [-0.2, 0) is 11.3 Å². The molecular formula is C24H22Cl2N4OS. The van der Waals surface area contributed by atoms with Crippen LogP contribution in [0.4, 0.5) is 5.69 Å². The molecule has 1 saturated carbocycles. The van der Waals surface area contributed by atoms with Crippen molar-refractivity contribution in [3.8, 4) is 0 Å². The number of benzene rings is 2. The Morgan fingerprint density at radius 3 is 2.75 bits per heavy atom. The van der Waals surface area contributed by atoms with Crippen LogP contribution in [0.1, 0.15) is 37.7 Å². The summed E-state index contributed by atoms with van der Waals surface area (Å²) in [5, 5.41) is 4.13. The monoisotopic (exact) mass is 484 g/mol. The van der Waals surface area contributed by atoms with Gasteiger partial charge in [-0.25, -0.2) is 9.98 Å². The number of nitrogens with zero attached hydrogens (tertiary/aromatic N) is 3. The van der Waals surface area contributed by atoms with Crippen LogP contribution in [0.5, 0.6) is 0 Å². The molecule has 164 valence electrons. The molecule has 2 fully saturated rings. The molecule has 1 N–H and O–H groups in total. The number of amidine groups is 1. The zero-order valence-corrected chi connectivity index (χ0v) is 19.7. The van der Waals surface area contributed by atoms with Crippen molar-refractivity contribution in [3.05, 3.63) is 63.2 Å². The Labute approximate surface area is 200 Å². The maximum atomic E-state index is 12.5. The Balaban J connectivity index is 1.37. The molecule has 5 rings (SSSR count). The molecule has 2 heterocycles. The number of amides is 1. The van der Waals surface area contributed by atoms with E-state index < -0.39 is 0 Å². The second kappa shape index (κ2) is 9.30. The minimum Gasteiger partial charge on any atom is -0.331 e. The minimum absolute atomic E-state index is 0.188. The van der Waals surface area contributed by atoms with Crippen molar-refractivity contribution < 1.29 is 4.79 Å². The van der Waals surface area contributed by atoms with Crippen LogP contribution in [0.2, 0.25) is 10.0 Å². The number of nitrogens with one attached hydrogen (secondary N) is 1. The molecule has 0 atom stereocenters. The largest absolute Gasteiger partial charge is 0.331 e. The smallest absolute Gasteiger partial charge is 0.264 e. The fraction of sp³-hybridized carbons (Fsp3) is 0.292. The lowest BCUT2D eigenvalue weighted by Gasteiger charge is -2.10. The number of thioether (sulfide) groups is 1. The molecule has 0 spiro atoms. The Morgan fingerprint density at radius 2 is 1.97 bits per heavy atom. The van der Waals surface area contributed by atoms with E-state index in [9.17, 15) is 4.79 Å². The Kier molecular flexibility index (Phi) is 6.26. The average molecular weight is 485 g/mol. The lowest BCUT2D eigenvalue weighted by molar-refractivity contribution is -0.115. The number of halogens is 2. The van der Waals surface area contributed by atoms with Gasteiger partial charge in [0.2, 0.25) is 0 Å². The van der Waals surface area contributed by atoms with Crippen LogP contribution in [0.25, 0.3) is 17.1 Å². The normalized spacial score (nSPS) is 19.5. The number of carbonyl (C=O) groups excluding carboxylic acids is 1. The van der Waals surface area contributed by atoms with Gasteiger partial charge in [0.25, 0.3) is 5.91 Å². The summed E-state index contributed by atoms with van der Waals surface area (Å²) in [6.45, 7) is 0.978. The second-order valence-electron chi connectivity index (χ2n) is 8.18. The highest BCUT2D eigenvalue weighted by Gasteiger charge is 2.24. The number of aryl methyl sites for hydroxylation is 1. The zero-order valence-electron chi connectivity index (χ0n) is 17.4. The van der Waals surface area contributed by atoms with Crippen molar-refractivity contribution in [2.24, 2.45) is 10.9 Å². The van der Waals surface area contributed by atoms with Gasteiger partial charge in [-0.05, 0) is 60.0 Å². The third-order valence-corrected chi connectivity index (χ3v) is 7.52. The maximum absolute atomic E-state index is 12.5. The lowest BCUT2D eigenvalue weighted by atomic mass is 10.0. The highest BCUT2D eigenvalue weighted by molar-refractivity contribution is 8.18. The first-order chi connectivity index (χ1) is 15.6. The van der Waals surface area contributed by atoms with Crippen LogP contribution in [-0.4, -0.2) is 20.6 Å². The van der Waals surface area contributed by atoms with E-state index in [0.717, 1.165) is 29.1 Å². The van der Waals surface area contributed by atoms with Crippen molar-refractivity contribution in [3.63, 3.8) is 0 Å². The molecule has 1 saturated heterocycles. The van der Waals surface area contributed by atoms with Crippen molar-refractivity contribution in [1.29, 1.82) is 0 Å². The second-order valence-corrected chi connectivity index (χ2v) is 10.0. The van der Waals surface area contributed by atoms with Crippen LogP contribution in [0, 0.1) is 5.92 Å². The number of rotatable bonds is 5. The molecule has 3 aromatic rings. The van der Waals surface area contributed by atoms with Gasteiger partial charge in [-0.3, -0.25) is 4.79 Å². The standard InChI is InChI=1S/C24H22Cl2N4OS/c25-17-6-3-7-18(26)22(17)28-24-29-23(31)21(32-24)13-16-8-9-19-20(12-16)30(14-27-19)11-10-15-4-1-2-5-15/h3,6-9,12-15H,1-2,4-5,10-11H2,(H,28,29,31)/b21-13-. The number of fused-ring (bicyclic) bond motifs is 1. The molecule has 2 aliphatic rings. The summed E-state index contributed by atoms with van der Waals surface area (Å²) >= 11 is 13.7. The van der Waals surface area contributed by atoms with Gasteiger partial charge >= 0.3 is 0 Å². The predicted octanol–water partition coefficient (Wildman–Crippen LogP) is 6.82. The predicted molar refractivity (Wildman–Crippen MR) is 134 cm³/mol. The van der Waals surface area contributed by atoms with E-state index >= 15 is 0 Å². The van der Waals surface area contributed by atoms with Gasteiger partial charge in [-0.1, -0.05) is 61.0 Å². The fourth-order valence-electron chi connectivity index (χ4n) is 4.29. The van der Waals surface area contributed by atoms with Crippen LogP contribution in [0.3, 0.4) is 0 Å². The van der Waals surface area contributed by atoms with Gasteiger partial charge in [0, 0.05) is 6.54 Å². The van der Waals surface area contributed by atoms with E-state index in [1.54, 1.807) is 18.2 Å². The van der Waals surface area contributed by atoms with Gasteiger partial charge in [0.15, 0.2) is 5.17 Å². The molecule has 1 amide bonds. The summed E-state index contributed by atoms with van der Waals surface area (Å²) in [6.07, 6.45) is 10.4. The zero-order chi connectivity index (χ0) is 22.1. The van der Waals surface area contributed by atoms with Gasteiger partial charge in [-0.15, -0.1) is 0 Å². The minimum atomic E-state index is -0.188. The third-order valence-electron chi connectivity index (χ3n) is 6.00. The average Bonchev–Trinajstić information content (AvgIpc) is 3.50. The quantitative estimate of drug-likeness (QED) is 0.404. The van der Waals surface area contributed by atoms with Crippen LogP contribution >= 0.6 is 35.0 Å². The van der Waals surface area contributed by atoms with Crippen molar-refractivity contribution in [2.45, 2.75) is 38.6 Å². The fourth-order valence-corrected chi connectivity index (χ4v) is 5.60. The van der Waals surface area contributed by atoms with Crippen molar-refractivity contribution in [1.82, 2.24) is 14.9 Å². The molecule has 1 aromatic heterocycles. The number of carbonyl (C=O) groups is 1. The number of aliphatic imine (C=N–C) groups is 1. The van der Waals surface area contributed by atoms with Crippen LogP contribution < -0.4 is 5.32 Å². The van der Waals surface area contributed by atoms with Gasteiger partial charge in [0.05, 0.1) is 32.3 Å². The number of imidazole rings is 1. The number of hydrogen-bond donors (Lipinski definition) is 1. The van der Waals surface area contributed by atoms with E-state index in [0.29, 0.717) is 25.8 Å².